The smallest absolute Gasteiger partial charge is 0.304 e. The first kappa shape index (κ1) is 22.8. The second-order valence-corrected chi connectivity index (χ2v) is 8.17. The standard InChI is InChI=1S/C23H30N2O6/c1-14-20(25-23(31-14)17-7-4-8-18(10-17)29-2)13-30-12-15-5-3-6-16(9-15)19(22(24)28)11-21(26)27/h4,7-8,10,15-16,19H,3,5-6,9,11-13H2,1-2H3,(H2,24,28)(H,26,27). The van der Waals surface area contributed by atoms with Crippen LogP contribution >= 0.6 is 0 Å². The van der Waals surface area contributed by atoms with E-state index in [0.717, 1.165) is 42.7 Å². The average Bonchev–Trinajstić information content (AvgIpc) is 3.12. The maximum Gasteiger partial charge on any atom is 0.304 e. The number of hydrogen-bond donors (Lipinski definition) is 2. The molecule has 31 heavy (non-hydrogen) atoms. The van der Waals surface area contributed by atoms with Gasteiger partial charge in [0.05, 0.1) is 26.1 Å². The molecule has 8 heteroatoms. The van der Waals surface area contributed by atoms with Gasteiger partial charge in [0.25, 0.3) is 0 Å². The van der Waals surface area contributed by atoms with E-state index in [-0.39, 0.29) is 18.3 Å². The summed E-state index contributed by atoms with van der Waals surface area (Å²) in [5.41, 5.74) is 7.04. The number of oxazole rings is 1. The molecule has 0 saturated heterocycles. The molecule has 1 aliphatic carbocycles. The van der Waals surface area contributed by atoms with Crippen molar-refractivity contribution >= 4 is 11.9 Å². The first-order chi connectivity index (χ1) is 14.9. The lowest BCUT2D eigenvalue weighted by atomic mass is 9.74. The number of benzene rings is 1. The molecule has 168 valence electrons. The highest BCUT2D eigenvalue weighted by Gasteiger charge is 2.33. The minimum absolute atomic E-state index is 0.00981. The second kappa shape index (κ2) is 10.4. The van der Waals surface area contributed by atoms with Gasteiger partial charge in [-0.05, 0) is 56.2 Å². The number of carbonyl (C=O) groups is 2. The van der Waals surface area contributed by atoms with Crippen LogP contribution in [0.1, 0.15) is 43.6 Å². The number of amides is 1. The van der Waals surface area contributed by atoms with Crippen LogP contribution < -0.4 is 10.5 Å². The van der Waals surface area contributed by atoms with Crippen LogP contribution in [0, 0.1) is 24.7 Å². The van der Waals surface area contributed by atoms with E-state index < -0.39 is 17.8 Å². The number of ether oxygens (including phenoxy) is 2. The molecule has 3 unspecified atom stereocenters. The molecule has 1 saturated carbocycles. The number of carbonyl (C=O) groups excluding carboxylic acids is 1. The summed E-state index contributed by atoms with van der Waals surface area (Å²) in [5.74, 6) is 0.0654. The molecular weight excluding hydrogens is 400 g/mol. The van der Waals surface area contributed by atoms with Crippen molar-refractivity contribution in [2.75, 3.05) is 13.7 Å². The molecule has 2 aromatic rings. The molecule has 0 spiro atoms. The Morgan fingerprint density at radius 2 is 2.16 bits per heavy atom. The third-order valence-electron chi connectivity index (χ3n) is 5.95. The summed E-state index contributed by atoms with van der Waals surface area (Å²) >= 11 is 0. The van der Waals surface area contributed by atoms with Crippen molar-refractivity contribution in [2.24, 2.45) is 23.5 Å². The third-order valence-corrected chi connectivity index (χ3v) is 5.95. The van der Waals surface area contributed by atoms with Crippen LogP contribution in [0.3, 0.4) is 0 Å². The number of aryl methyl sites for hydroxylation is 1. The fourth-order valence-electron chi connectivity index (χ4n) is 4.30. The number of aromatic nitrogens is 1. The van der Waals surface area contributed by atoms with Crippen molar-refractivity contribution in [1.29, 1.82) is 0 Å². The average molecular weight is 431 g/mol. The van der Waals surface area contributed by atoms with E-state index in [2.05, 4.69) is 4.98 Å². The van der Waals surface area contributed by atoms with Gasteiger partial charge in [-0.25, -0.2) is 4.98 Å². The Morgan fingerprint density at radius 1 is 1.35 bits per heavy atom. The van der Waals surface area contributed by atoms with Gasteiger partial charge in [-0.1, -0.05) is 12.5 Å². The zero-order valence-electron chi connectivity index (χ0n) is 18.0. The van der Waals surface area contributed by atoms with Crippen molar-refractivity contribution in [2.45, 2.75) is 45.6 Å². The van der Waals surface area contributed by atoms with E-state index >= 15 is 0 Å². The number of nitrogens with zero attached hydrogens (tertiary/aromatic N) is 1. The second-order valence-electron chi connectivity index (χ2n) is 8.17. The van der Waals surface area contributed by atoms with Crippen LogP contribution in [-0.2, 0) is 20.9 Å². The largest absolute Gasteiger partial charge is 0.497 e. The Hall–Kier alpha value is -2.87. The Labute approximate surface area is 181 Å². The fourth-order valence-corrected chi connectivity index (χ4v) is 4.30. The molecule has 1 amide bonds. The van der Waals surface area contributed by atoms with E-state index in [4.69, 9.17) is 24.7 Å². The van der Waals surface area contributed by atoms with E-state index in [1.807, 2.05) is 31.2 Å². The molecule has 1 fully saturated rings. The van der Waals surface area contributed by atoms with Crippen LogP contribution in [-0.4, -0.2) is 35.7 Å². The highest BCUT2D eigenvalue weighted by atomic mass is 16.5. The molecule has 0 bridgehead atoms. The molecule has 1 heterocycles. The number of rotatable bonds is 10. The molecular formula is C23H30N2O6. The van der Waals surface area contributed by atoms with Crippen molar-refractivity contribution in [1.82, 2.24) is 4.98 Å². The lowest BCUT2D eigenvalue weighted by molar-refractivity contribution is -0.142. The maximum absolute atomic E-state index is 11.7. The molecule has 0 radical (unpaired) electrons. The van der Waals surface area contributed by atoms with Crippen LogP contribution in [0.2, 0.25) is 0 Å². The number of primary amides is 1. The molecule has 0 aliphatic heterocycles. The molecule has 3 atom stereocenters. The van der Waals surface area contributed by atoms with Crippen LogP contribution in [0.25, 0.3) is 11.5 Å². The number of carboxylic acid groups (broad SMARTS) is 1. The van der Waals surface area contributed by atoms with Crippen molar-refractivity contribution in [3.63, 3.8) is 0 Å². The fraction of sp³-hybridized carbons (Fsp3) is 0.522. The summed E-state index contributed by atoms with van der Waals surface area (Å²) in [6.07, 6.45) is 3.28. The first-order valence-corrected chi connectivity index (χ1v) is 10.6. The topological polar surface area (TPSA) is 125 Å². The van der Waals surface area contributed by atoms with Crippen molar-refractivity contribution in [3.05, 3.63) is 35.7 Å². The van der Waals surface area contributed by atoms with E-state index in [1.165, 1.54) is 0 Å². The van der Waals surface area contributed by atoms with Crippen LogP contribution in [0.5, 0.6) is 5.75 Å². The minimum Gasteiger partial charge on any atom is -0.497 e. The van der Waals surface area contributed by atoms with E-state index in [0.29, 0.717) is 24.9 Å². The van der Waals surface area contributed by atoms with E-state index in [1.54, 1.807) is 7.11 Å². The predicted octanol–water partition coefficient (Wildman–Crippen LogP) is 3.56. The number of hydrogen-bond acceptors (Lipinski definition) is 6. The lowest BCUT2D eigenvalue weighted by Crippen LogP contribution is -2.35. The number of nitrogens with two attached hydrogens (primary N) is 1. The highest BCUT2D eigenvalue weighted by molar-refractivity contribution is 5.82. The zero-order chi connectivity index (χ0) is 22.4. The molecule has 3 rings (SSSR count). The van der Waals surface area contributed by atoms with Crippen molar-refractivity contribution < 1.29 is 28.6 Å². The SMILES string of the molecule is COc1cccc(-c2nc(COCC3CCCC(C(CC(=O)O)C(N)=O)C3)c(C)o2)c1. The Balaban J connectivity index is 1.55. The Bertz CT molecular complexity index is 909. The van der Waals surface area contributed by atoms with Gasteiger partial charge >= 0.3 is 5.97 Å². The zero-order valence-corrected chi connectivity index (χ0v) is 18.0. The minimum atomic E-state index is -0.990. The highest BCUT2D eigenvalue weighted by Crippen LogP contribution is 2.35. The molecule has 3 N–H and O–H groups in total. The van der Waals surface area contributed by atoms with Gasteiger partial charge in [-0.2, -0.15) is 0 Å². The first-order valence-electron chi connectivity index (χ1n) is 10.6. The van der Waals surface area contributed by atoms with Gasteiger partial charge < -0.3 is 24.7 Å². The van der Waals surface area contributed by atoms with Gasteiger partial charge in [0.2, 0.25) is 11.8 Å². The van der Waals surface area contributed by atoms with Gasteiger partial charge in [-0.3, -0.25) is 9.59 Å². The number of carboxylic acids is 1. The summed E-state index contributed by atoms with van der Waals surface area (Å²) in [6, 6.07) is 7.52. The number of aliphatic carboxylic acids is 1. The predicted molar refractivity (Wildman–Crippen MR) is 113 cm³/mol. The van der Waals surface area contributed by atoms with Gasteiger partial charge in [0.15, 0.2) is 0 Å². The Morgan fingerprint density at radius 3 is 2.87 bits per heavy atom. The summed E-state index contributed by atoms with van der Waals surface area (Å²) in [4.78, 5) is 27.4. The van der Waals surface area contributed by atoms with Crippen LogP contribution in [0.15, 0.2) is 28.7 Å². The summed E-state index contributed by atoms with van der Waals surface area (Å²) < 4.78 is 17.0. The molecule has 1 aromatic carbocycles. The van der Waals surface area contributed by atoms with Gasteiger partial charge in [-0.15, -0.1) is 0 Å². The quantitative estimate of drug-likeness (QED) is 0.590. The van der Waals surface area contributed by atoms with Crippen LogP contribution in [0.4, 0.5) is 0 Å². The van der Waals surface area contributed by atoms with Gasteiger partial charge in [0, 0.05) is 12.2 Å². The molecule has 1 aliphatic rings. The van der Waals surface area contributed by atoms with Gasteiger partial charge in [0.1, 0.15) is 17.2 Å². The maximum atomic E-state index is 11.7. The molecule has 1 aromatic heterocycles. The summed E-state index contributed by atoms with van der Waals surface area (Å²) in [7, 11) is 1.61. The number of methoxy groups -OCH3 is 1. The molecule has 8 nitrogen and oxygen atoms in total. The summed E-state index contributed by atoms with van der Waals surface area (Å²) in [6.45, 7) is 2.71. The van der Waals surface area contributed by atoms with Crippen molar-refractivity contribution in [3.8, 4) is 17.2 Å². The monoisotopic (exact) mass is 430 g/mol. The third kappa shape index (κ3) is 6.07. The van der Waals surface area contributed by atoms with E-state index in [9.17, 15) is 9.59 Å². The lowest BCUT2D eigenvalue weighted by Gasteiger charge is -2.32. The normalized spacial score (nSPS) is 19.7. The summed E-state index contributed by atoms with van der Waals surface area (Å²) in [5, 5.41) is 9.08. The Kier molecular flexibility index (Phi) is 7.68.